The summed E-state index contributed by atoms with van der Waals surface area (Å²) in [5.41, 5.74) is 2.90. The van der Waals surface area contributed by atoms with Crippen molar-refractivity contribution in [2.24, 2.45) is 5.92 Å². The van der Waals surface area contributed by atoms with Gasteiger partial charge in [0.15, 0.2) is 5.65 Å². The van der Waals surface area contributed by atoms with E-state index in [0.29, 0.717) is 18.4 Å². The molecule has 8 heteroatoms. The Bertz CT molecular complexity index is 1030. The molecule has 2 aliphatic carbocycles. The van der Waals surface area contributed by atoms with E-state index in [1.54, 1.807) is 0 Å². The topological polar surface area (TPSA) is 92.2 Å². The van der Waals surface area contributed by atoms with Gasteiger partial charge in [0.25, 0.3) is 0 Å². The van der Waals surface area contributed by atoms with Gasteiger partial charge in [0.05, 0.1) is 28.7 Å². The van der Waals surface area contributed by atoms with E-state index >= 15 is 0 Å². The first-order valence-corrected chi connectivity index (χ1v) is 10.4. The molecule has 3 aromatic rings. The maximum atomic E-state index is 12.0. The zero-order valence-corrected chi connectivity index (χ0v) is 14.7. The second kappa shape index (κ2) is 5.54. The molecule has 0 aliphatic heterocycles. The third kappa shape index (κ3) is 2.64. The van der Waals surface area contributed by atoms with Gasteiger partial charge in [-0.15, -0.1) is 0 Å². The normalized spacial score (nSPS) is 24.5. The van der Waals surface area contributed by atoms with Crippen molar-refractivity contribution in [3.05, 3.63) is 30.5 Å². The van der Waals surface area contributed by atoms with Crippen molar-refractivity contribution in [3.63, 3.8) is 0 Å². The van der Waals surface area contributed by atoms with Crippen molar-refractivity contribution < 1.29 is 8.42 Å². The van der Waals surface area contributed by atoms with Crippen molar-refractivity contribution in [2.45, 2.75) is 43.3 Å². The summed E-state index contributed by atoms with van der Waals surface area (Å²) >= 11 is 0. The lowest BCUT2D eigenvalue weighted by Gasteiger charge is -2.12. The van der Waals surface area contributed by atoms with E-state index in [0.717, 1.165) is 54.6 Å². The van der Waals surface area contributed by atoms with Crippen LogP contribution in [0.2, 0.25) is 0 Å². The smallest absolute Gasteiger partial charge is 0.214 e. The van der Waals surface area contributed by atoms with Gasteiger partial charge in [-0.1, -0.05) is 0 Å². The molecule has 7 nitrogen and oxygen atoms in total. The highest BCUT2D eigenvalue weighted by Gasteiger charge is 2.36. The molecule has 2 fully saturated rings. The van der Waals surface area contributed by atoms with Crippen molar-refractivity contribution in [3.8, 4) is 0 Å². The number of aromatic nitrogens is 4. The Hall–Kier alpha value is -1.93. The summed E-state index contributed by atoms with van der Waals surface area (Å²) in [6.45, 7) is 0.555. The zero-order chi connectivity index (χ0) is 17.0. The first-order chi connectivity index (χ1) is 12.1. The highest BCUT2D eigenvalue weighted by Crippen LogP contribution is 2.38. The lowest BCUT2D eigenvalue weighted by atomic mass is 10.0. The Balaban J connectivity index is 1.36. The molecule has 2 saturated carbocycles. The fourth-order valence-electron chi connectivity index (χ4n) is 4.01. The van der Waals surface area contributed by atoms with E-state index in [9.17, 15) is 8.42 Å². The van der Waals surface area contributed by atoms with Crippen LogP contribution in [0.4, 0.5) is 0 Å². The predicted octanol–water partition coefficient (Wildman–Crippen LogP) is 2.18. The molecule has 3 heterocycles. The molecule has 2 atom stereocenters. The maximum absolute atomic E-state index is 12.0. The summed E-state index contributed by atoms with van der Waals surface area (Å²) < 4.78 is 29.0. The number of imidazole rings is 1. The molecule has 0 radical (unpaired) electrons. The molecule has 0 amide bonds. The Kier molecular flexibility index (Phi) is 3.40. The van der Waals surface area contributed by atoms with E-state index in [1.165, 1.54) is 0 Å². The Morgan fingerprint density at radius 2 is 2.04 bits per heavy atom. The van der Waals surface area contributed by atoms with Crippen LogP contribution in [-0.4, -0.2) is 39.6 Å². The van der Waals surface area contributed by atoms with Crippen LogP contribution in [0.1, 0.15) is 43.8 Å². The van der Waals surface area contributed by atoms with Crippen molar-refractivity contribution in [1.29, 1.82) is 0 Å². The number of sulfonamides is 1. The minimum atomic E-state index is -3.09. The van der Waals surface area contributed by atoms with Gasteiger partial charge in [-0.25, -0.2) is 23.1 Å². The van der Waals surface area contributed by atoms with Crippen LogP contribution in [-0.2, 0) is 10.0 Å². The van der Waals surface area contributed by atoms with Crippen molar-refractivity contribution in [1.82, 2.24) is 24.1 Å². The van der Waals surface area contributed by atoms with E-state index < -0.39 is 10.0 Å². The third-order valence-electron chi connectivity index (χ3n) is 5.53. The highest BCUT2D eigenvalue weighted by atomic mass is 32.2. The molecular formula is C17H21N5O2S. The van der Waals surface area contributed by atoms with Crippen molar-refractivity contribution in [2.75, 3.05) is 6.54 Å². The van der Waals surface area contributed by atoms with Crippen LogP contribution in [0.15, 0.2) is 24.7 Å². The fourth-order valence-corrected chi connectivity index (χ4v) is 5.47. The second-order valence-corrected chi connectivity index (χ2v) is 9.36. The molecule has 132 valence electrons. The molecule has 0 saturated heterocycles. The average molecular weight is 359 g/mol. The molecule has 0 bridgehead atoms. The highest BCUT2D eigenvalue weighted by molar-refractivity contribution is 7.90. The Labute approximate surface area is 145 Å². The first-order valence-electron chi connectivity index (χ1n) is 8.90. The van der Waals surface area contributed by atoms with Gasteiger partial charge in [0.1, 0.15) is 5.82 Å². The van der Waals surface area contributed by atoms with E-state index in [4.69, 9.17) is 0 Å². The largest absolute Gasteiger partial charge is 0.345 e. The van der Waals surface area contributed by atoms with Gasteiger partial charge < -0.3 is 4.98 Å². The molecule has 0 aromatic carbocycles. The monoisotopic (exact) mass is 359 g/mol. The number of hydrogen-bond acceptors (Lipinski definition) is 4. The third-order valence-corrected chi connectivity index (χ3v) is 7.45. The molecule has 2 N–H and O–H groups in total. The van der Waals surface area contributed by atoms with Gasteiger partial charge in [0, 0.05) is 18.7 Å². The maximum Gasteiger partial charge on any atom is 0.214 e. The summed E-state index contributed by atoms with van der Waals surface area (Å²) in [7, 11) is -3.09. The summed E-state index contributed by atoms with van der Waals surface area (Å²) in [4.78, 5) is 12.2. The lowest BCUT2D eigenvalue weighted by Crippen LogP contribution is -2.31. The number of aromatic amines is 1. The summed E-state index contributed by atoms with van der Waals surface area (Å²) in [5.74, 6) is 1.81. The predicted molar refractivity (Wildman–Crippen MR) is 94.9 cm³/mol. The van der Waals surface area contributed by atoms with Crippen LogP contribution in [0, 0.1) is 5.92 Å². The summed E-state index contributed by atoms with van der Waals surface area (Å²) in [6.07, 6.45) is 10.3. The van der Waals surface area contributed by atoms with Crippen LogP contribution in [0.5, 0.6) is 0 Å². The summed E-state index contributed by atoms with van der Waals surface area (Å²) in [6, 6.07) is 2.02. The molecule has 0 spiro atoms. The molecule has 3 aromatic heterocycles. The molecule has 5 rings (SSSR count). The van der Waals surface area contributed by atoms with Gasteiger partial charge in [0.2, 0.25) is 10.0 Å². The second-order valence-electron chi connectivity index (χ2n) is 7.32. The number of nitrogens with one attached hydrogen (secondary N) is 2. The fraction of sp³-hybridized carbons (Fsp3) is 0.529. The lowest BCUT2D eigenvalue weighted by molar-refractivity contribution is 0.509. The van der Waals surface area contributed by atoms with Crippen LogP contribution in [0.3, 0.4) is 0 Å². The molecular weight excluding hydrogens is 338 g/mol. The quantitative estimate of drug-likeness (QED) is 0.730. The van der Waals surface area contributed by atoms with Crippen LogP contribution >= 0.6 is 0 Å². The minimum Gasteiger partial charge on any atom is -0.345 e. The van der Waals surface area contributed by atoms with E-state index in [2.05, 4.69) is 24.1 Å². The van der Waals surface area contributed by atoms with Gasteiger partial charge in [-0.2, -0.15) is 0 Å². The molecule has 25 heavy (non-hydrogen) atoms. The number of hydrogen-bond donors (Lipinski definition) is 2. The summed E-state index contributed by atoms with van der Waals surface area (Å²) in [5, 5.41) is -0.143. The van der Waals surface area contributed by atoms with Gasteiger partial charge >= 0.3 is 0 Å². The van der Waals surface area contributed by atoms with E-state index in [-0.39, 0.29) is 5.25 Å². The molecule has 2 aliphatic rings. The van der Waals surface area contributed by atoms with Gasteiger partial charge in [-0.3, -0.25) is 4.40 Å². The number of H-pyrrole nitrogens is 1. The van der Waals surface area contributed by atoms with Crippen molar-refractivity contribution >= 4 is 26.7 Å². The zero-order valence-electron chi connectivity index (χ0n) is 13.9. The number of nitrogens with zero attached hydrogens (tertiary/aromatic N) is 3. The van der Waals surface area contributed by atoms with Gasteiger partial charge in [-0.05, 0) is 44.1 Å². The minimum absolute atomic E-state index is 0.143. The Morgan fingerprint density at radius 3 is 2.88 bits per heavy atom. The van der Waals surface area contributed by atoms with E-state index in [1.807, 2.05) is 24.7 Å². The number of rotatable bonds is 5. The SMILES string of the molecule is O=S(=O)(NCC1CCC(c2ncc3cnc4[nH]ccc4n23)C1)C1CC1. The standard InChI is InChI=1S/C17H21N5O2S/c23-25(24,14-3-4-14)21-8-11-1-2-12(7-11)17-20-10-13-9-19-16-15(22(13)17)5-6-18-16/h5-6,9-12,14,18,21H,1-4,7-8H2. The first kappa shape index (κ1) is 15.3. The van der Waals surface area contributed by atoms with Crippen LogP contribution in [0.25, 0.3) is 16.7 Å². The van der Waals surface area contributed by atoms with Crippen LogP contribution < -0.4 is 4.72 Å². The molecule has 2 unspecified atom stereocenters. The number of fused-ring (bicyclic) bond motifs is 3. The average Bonchev–Trinajstić information content (AvgIpc) is 3.03. The Morgan fingerprint density at radius 1 is 1.20 bits per heavy atom.